The second kappa shape index (κ2) is 5.53. The molecule has 0 spiro atoms. The number of thioether (sulfide) groups is 1. The number of aromatic nitrogens is 1. The van der Waals surface area contributed by atoms with E-state index in [0.29, 0.717) is 5.56 Å². The molecule has 0 saturated heterocycles. The topological polar surface area (TPSA) is 48.7 Å². The van der Waals surface area contributed by atoms with Crippen LogP contribution in [-0.2, 0) is 0 Å². The number of hydrogen-bond donors (Lipinski definition) is 1. The summed E-state index contributed by atoms with van der Waals surface area (Å²) in [7, 11) is 0. The van der Waals surface area contributed by atoms with Crippen LogP contribution in [0.15, 0.2) is 46.8 Å². The first kappa shape index (κ1) is 13.0. The molecule has 0 atom stereocenters. The molecule has 0 saturated carbocycles. The van der Waals surface area contributed by atoms with Gasteiger partial charge < -0.3 is 5.32 Å². The molecule has 3 rings (SSSR count). The highest BCUT2D eigenvalue weighted by Crippen LogP contribution is 2.30. The van der Waals surface area contributed by atoms with Crippen molar-refractivity contribution in [3.63, 3.8) is 0 Å². The van der Waals surface area contributed by atoms with Crippen LogP contribution < -0.4 is 5.32 Å². The van der Waals surface area contributed by atoms with E-state index in [1.807, 2.05) is 42.1 Å². The minimum Gasteiger partial charge on any atom is -0.354 e. The summed E-state index contributed by atoms with van der Waals surface area (Å²) in [5, 5.41) is 12.7. The van der Waals surface area contributed by atoms with E-state index in [1.165, 1.54) is 0 Å². The first-order valence-electron chi connectivity index (χ1n) is 5.99. The number of thiazole rings is 1. The summed E-state index contributed by atoms with van der Waals surface area (Å²) in [4.78, 5) is 5.25. The number of benzene rings is 2. The van der Waals surface area contributed by atoms with Gasteiger partial charge in [0.1, 0.15) is 6.07 Å². The van der Waals surface area contributed by atoms with Crippen LogP contribution in [0.2, 0.25) is 0 Å². The maximum Gasteiger partial charge on any atom is 0.103 e. The highest BCUT2D eigenvalue weighted by atomic mass is 32.2. The summed E-state index contributed by atoms with van der Waals surface area (Å²) in [5.74, 6) is 0. The maximum absolute atomic E-state index is 9.34. The average molecular weight is 297 g/mol. The van der Waals surface area contributed by atoms with Gasteiger partial charge in [-0.15, -0.1) is 23.1 Å². The Morgan fingerprint density at radius 2 is 2.20 bits per heavy atom. The molecule has 5 heteroatoms. The summed E-state index contributed by atoms with van der Waals surface area (Å²) in [6.45, 7) is 0. The molecule has 20 heavy (non-hydrogen) atoms. The summed E-state index contributed by atoms with van der Waals surface area (Å²) in [6, 6.07) is 14.1. The summed E-state index contributed by atoms with van der Waals surface area (Å²) in [5.41, 5.74) is 5.33. The van der Waals surface area contributed by atoms with Gasteiger partial charge in [0.2, 0.25) is 0 Å². The maximum atomic E-state index is 9.34. The van der Waals surface area contributed by atoms with Crippen LogP contribution in [0.1, 0.15) is 5.56 Å². The van der Waals surface area contributed by atoms with Crippen molar-refractivity contribution in [3.05, 3.63) is 47.5 Å². The zero-order valence-electron chi connectivity index (χ0n) is 10.8. The molecular formula is C15H11N3S2. The molecule has 3 nitrogen and oxygen atoms in total. The summed E-state index contributed by atoms with van der Waals surface area (Å²) < 4.78 is 1.13. The fraction of sp³-hybridized carbons (Fsp3) is 0.0667. The minimum atomic E-state index is 0.685. The van der Waals surface area contributed by atoms with Crippen LogP contribution in [0.4, 0.5) is 11.4 Å². The SMILES string of the molecule is CSc1cccc(Nc2ccc3ncsc3c2)c1C#N. The van der Waals surface area contributed by atoms with E-state index in [4.69, 9.17) is 0 Å². The van der Waals surface area contributed by atoms with Crippen molar-refractivity contribution in [2.75, 3.05) is 11.6 Å². The predicted molar refractivity (Wildman–Crippen MR) is 85.8 cm³/mol. The predicted octanol–water partition coefficient (Wildman–Crippen LogP) is 4.63. The molecule has 0 unspecified atom stereocenters. The molecule has 1 N–H and O–H groups in total. The normalized spacial score (nSPS) is 10.4. The van der Waals surface area contributed by atoms with Gasteiger partial charge in [0.05, 0.1) is 27.0 Å². The molecule has 3 aromatic rings. The standard InChI is InChI=1S/C15H11N3S2/c1-19-14-4-2-3-12(11(14)8-16)18-10-5-6-13-15(7-10)20-9-17-13/h2-7,9,18H,1H3. The van der Waals surface area contributed by atoms with E-state index < -0.39 is 0 Å². The first-order valence-corrected chi connectivity index (χ1v) is 8.09. The van der Waals surface area contributed by atoms with Gasteiger partial charge in [-0.05, 0) is 36.6 Å². The van der Waals surface area contributed by atoms with Gasteiger partial charge in [-0.1, -0.05) is 6.07 Å². The van der Waals surface area contributed by atoms with E-state index in [-0.39, 0.29) is 0 Å². The van der Waals surface area contributed by atoms with Gasteiger partial charge in [0.25, 0.3) is 0 Å². The Balaban J connectivity index is 2.00. The molecule has 0 aliphatic rings. The van der Waals surface area contributed by atoms with Crippen molar-refractivity contribution < 1.29 is 0 Å². The van der Waals surface area contributed by atoms with Crippen LogP contribution in [0, 0.1) is 11.3 Å². The molecule has 98 valence electrons. The molecule has 1 aromatic heterocycles. The molecule has 0 fully saturated rings. The van der Waals surface area contributed by atoms with Crippen molar-refractivity contribution >= 4 is 44.7 Å². The monoisotopic (exact) mass is 297 g/mol. The largest absolute Gasteiger partial charge is 0.354 e. The molecule has 0 radical (unpaired) electrons. The van der Waals surface area contributed by atoms with Crippen LogP contribution in [0.25, 0.3) is 10.2 Å². The zero-order valence-corrected chi connectivity index (χ0v) is 12.4. The van der Waals surface area contributed by atoms with Crippen molar-refractivity contribution in [1.29, 1.82) is 5.26 Å². The molecule has 2 aromatic carbocycles. The number of nitrogens with zero attached hydrogens (tertiary/aromatic N) is 2. The number of rotatable bonds is 3. The Morgan fingerprint density at radius 3 is 3.00 bits per heavy atom. The molecular weight excluding hydrogens is 286 g/mol. The van der Waals surface area contributed by atoms with Gasteiger partial charge in [-0.25, -0.2) is 4.98 Å². The second-order valence-electron chi connectivity index (χ2n) is 4.15. The Labute approximate surface area is 125 Å². The number of nitriles is 1. The first-order chi connectivity index (χ1) is 9.81. The highest BCUT2D eigenvalue weighted by Gasteiger charge is 2.08. The minimum absolute atomic E-state index is 0.685. The quantitative estimate of drug-likeness (QED) is 0.716. The summed E-state index contributed by atoms with van der Waals surface area (Å²) in [6.07, 6.45) is 1.98. The van der Waals surface area contributed by atoms with Gasteiger partial charge in [-0.3, -0.25) is 0 Å². The van der Waals surface area contributed by atoms with Crippen LogP contribution in [0.3, 0.4) is 0 Å². The zero-order chi connectivity index (χ0) is 13.9. The second-order valence-corrected chi connectivity index (χ2v) is 5.89. The van der Waals surface area contributed by atoms with Crippen LogP contribution in [-0.4, -0.2) is 11.2 Å². The third-order valence-electron chi connectivity index (χ3n) is 2.97. The van der Waals surface area contributed by atoms with Crippen LogP contribution in [0.5, 0.6) is 0 Å². The van der Waals surface area contributed by atoms with Crippen molar-refractivity contribution in [2.24, 2.45) is 0 Å². The van der Waals surface area contributed by atoms with Gasteiger partial charge in [0.15, 0.2) is 0 Å². The van der Waals surface area contributed by atoms with E-state index in [9.17, 15) is 5.26 Å². The molecule has 0 aliphatic heterocycles. The van der Waals surface area contributed by atoms with E-state index >= 15 is 0 Å². The third kappa shape index (κ3) is 2.36. The molecule has 1 heterocycles. The lowest BCUT2D eigenvalue weighted by molar-refractivity contribution is 1.36. The lowest BCUT2D eigenvalue weighted by Crippen LogP contribution is -1.94. The molecule has 0 amide bonds. The van der Waals surface area contributed by atoms with E-state index in [1.54, 1.807) is 23.1 Å². The van der Waals surface area contributed by atoms with Crippen molar-refractivity contribution in [2.45, 2.75) is 4.90 Å². The Bertz CT molecular complexity index is 802. The Hall–Kier alpha value is -2.03. The lowest BCUT2D eigenvalue weighted by Gasteiger charge is -2.10. The molecule has 0 bridgehead atoms. The van der Waals surface area contributed by atoms with Gasteiger partial charge in [-0.2, -0.15) is 5.26 Å². The fourth-order valence-electron chi connectivity index (χ4n) is 2.01. The lowest BCUT2D eigenvalue weighted by atomic mass is 10.2. The number of fused-ring (bicyclic) bond motifs is 1. The number of hydrogen-bond acceptors (Lipinski definition) is 5. The van der Waals surface area contributed by atoms with Crippen molar-refractivity contribution in [3.8, 4) is 6.07 Å². The Morgan fingerprint density at radius 1 is 1.30 bits per heavy atom. The Kier molecular flexibility index (Phi) is 3.59. The number of nitrogens with one attached hydrogen (secondary N) is 1. The number of anilines is 2. The van der Waals surface area contributed by atoms with E-state index in [0.717, 1.165) is 26.5 Å². The fourth-order valence-corrected chi connectivity index (χ4v) is 3.30. The van der Waals surface area contributed by atoms with Gasteiger partial charge in [0, 0.05) is 10.6 Å². The molecule has 0 aliphatic carbocycles. The van der Waals surface area contributed by atoms with Gasteiger partial charge >= 0.3 is 0 Å². The summed E-state index contributed by atoms with van der Waals surface area (Å²) >= 11 is 3.19. The van der Waals surface area contributed by atoms with Crippen LogP contribution >= 0.6 is 23.1 Å². The average Bonchev–Trinajstić information content (AvgIpc) is 2.94. The highest BCUT2D eigenvalue weighted by molar-refractivity contribution is 7.98. The third-order valence-corrected chi connectivity index (χ3v) is 4.54. The smallest absolute Gasteiger partial charge is 0.103 e. The van der Waals surface area contributed by atoms with Crippen molar-refractivity contribution in [1.82, 2.24) is 4.98 Å². The van der Waals surface area contributed by atoms with E-state index in [2.05, 4.69) is 22.4 Å².